The highest BCUT2D eigenvalue weighted by Crippen LogP contribution is 2.38. The van der Waals surface area contributed by atoms with E-state index >= 15 is 0 Å². The summed E-state index contributed by atoms with van der Waals surface area (Å²) in [7, 11) is 0. The molecular formula is C17H22N2O3. The first-order valence-electron chi connectivity index (χ1n) is 7.93. The first-order valence-corrected chi connectivity index (χ1v) is 7.93. The maximum atomic E-state index is 12.4. The number of benzene rings is 1. The molecule has 5 heteroatoms. The highest BCUT2D eigenvalue weighted by Gasteiger charge is 2.39. The second-order valence-corrected chi connectivity index (χ2v) is 6.36. The molecule has 3 atom stereocenters. The lowest BCUT2D eigenvalue weighted by atomic mass is 10.1. The molecular weight excluding hydrogens is 280 g/mol. The number of hydrogen-bond donors (Lipinski definition) is 2. The molecule has 2 fully saturated rings. The van der Waals surface area contributed by atoms with Crippen molar-refractivity contribution >= 4 is 17.5 Å². The van der Waals surface area contributed by atoms with Gasteiger partial charge >= 0.3 is 0 Å². The summed E-state index contributed by atoms with van der Waals surface area (Å²) in [5.41, 5.74) is 1.32. The summed E-state index contributed by atoms with van der Waals surface area (Å²) in [4.78, 5) is 26.1. The van der Waals surface area contributed by atoms with E-state index in [4.69, 9.17) is 0 Å². The Morgan fingerprint density at radius 1 is 1.32 bits per heavy atom. The van der Waals surface area contributed by atoms with Crippen LogP contribution in [0.25, 0.3) is 0 Å². The number of anilines is 1. The lowest BCUT2D eigenvalue weighted by molar-refractivity contribution is -0.117. The van der Waals surface area contributed by atoms with Gasteiger partial charge < -0.3 is 15.3 Å². The molecule has 2 aliphatic rings. The average molecular weight is 302 g/mol. The zero-order valence-electron chi connectivity index (χ0n) is 12.8. The van der Waals surface area contributed by atoms with Crippen LogP contribution in [0.4, 0.5) is 5.69 Å². The highest BCUT2D eigenvalue weighted by molar-refractivity contribution is 5.97. The number of aliphatic hydroxyl groups excluding tert-OH is 1. The van der Waals surface area contributed by atoms with E-state index in [1.165, 1.54) is 0 Å². The molecule has 118 valence electrons. The van der Waals surface area contributed by atoms with Gasteiger partial charge in [0.15, 0.2) is 0 Å². The lowest BCUT2D eigenvalue weighted by Gasteiger charge is -2.23. The van der Waals surface area contributed by atoms with Crippen molar-refractivity contribution in [1.29, 1.82) is 0 Å². The van der Waals surface area contributed by atoms with E-state index in [1.54, 1.807) is 29.2 Å². The molecule has 1 aromatic carbocycles. The van der Waals surface area contributed by atoms with Gasteiger partial charge in [-0.05, 0) is 49.4 Å². The summed E-state index contributed by atoms with van der Waals surface area (Å²) in [5.74, 6) is 0.624. The van der Waals surface area contributed by atoms with Crippen molar-refractivity contribution in [2.45, 2.75) is 32.2 Å². The minimum atomic E-state index is -0.0665. The van der Waals surface area contributed by atoms with Crippen LogP contribution in [-0.4, -0.2) is 41.0 Å². The fourth-order valence-corrected chi connectivity index (χ4v) is 3.08. The zero-order valence-corrected chi connectivity index (χ0v) is 12.8. The number of hydrogen-bond acceptors (Lipinski definition) is 3. The van der Waals surface area contributed by atoms with Gasteiger partial charge in [-0.1, -0.05) is 6.92 Å². The zero-order chi connectivity index (χ0) is 15.7. The second kappa shape index (κ2) is 6.08. The van der Waals surface area contributed by atoms with Crippen molar-refractivity contribution in [3.8, 4) is 0 Å². The van der Waals surface area contributed by atoms with Crippen molar-refractivity contribution in [3.05, 3.63) is 29.8 Å². The minimum absolute atomic E-state index is 0.0133. The third kappa shape index (κ3) is 2.99. The Balaban J connectivity index is 1.63. The molecule has 1 heterocycles. The molecule has 0 aromatic heterocycles. The Bertz CT molecular complexity index is 570. The minimum Gasteiger partial charge on any atom is -0.394 e. The summed E-state index contributed by atoms with van der Waals surface area (Å²) < 4.78 is 0. The maximum absolute atomic E-state index is 12.4. The van der Waals surface area contributed by atoms with Crippen LogP contribution < -0.4 is 5.32 Å². The predicted molar refractivity (Wildman–Crippen MR) is 83.5 cm³/mol. The van der Waals surface area contributed by atoms with E-state index in [0.717, 1.165) is 24.9 Å². The molecule has 1 aliphatic carbocycles. The van der Waals surface area contributed by atoms with Gasteiger partial charge in [0.2, 0.25) is 5.91 Å². The Kier molecular flexibility index (Phi) is 4.16. The molecule has 22 heavy (non-hydrogen) atoms. The van der Waals surface area contributed by atoms with Crippen LogP contribution in [-0.2, 0) is 4.79 Å². The summed E-state index contributed by atoms with van der Waals surface area (Å²) in [5, 5.41) is 12.2. The number of nitrogens with zero attached hydrogens (tertiary/aromatic N) is 1. The standard InChI is InChI=1S/C17H22N2O3/c1-11-9-15(11)16(21)18-13-6-4-12(5-7-13)17(22)19-8-2-3-14(19)10-20/h4-7,11,14-15,20H,2-3,8-10H2,1H3,(H,18,21)/t11-,14-,15-/m1/s1. The van der Waals surface area contributed by atoms with Gasteiger partial charge in [-0.15, -0.1) is 0 Å². The SMILES string of the molecule is C[C@@H]1C[C@H]1C(=O)Nc1ccc(C(=O)N2CCC[C@@H]2CO)cc1. The number of aliphatic hydroxyl groups is 1. The highest BCUT2D eigenvalue weighted by atomic mass is 16.3. The predicted octanol–water partition coefficient (Wildman–Crippen LogP) is 1.88. The van der Waals surface area contributed by atoms with Gasteiger partial charge in [0.1, 0.15) is 0 Å². The number of rotatable bonds is 4. The fourth-order valence-electron chi connectivity index (χ4n) is 3.08. The van der Waals surface area contributed by atoms with Crippen molar-refractivity contribution in [2.24, 2.45) is 11.8 Å². The summed E-state index contributed by atoms with van der Waals surface area (Å²) in [6.45, 7) is 2.78. The Hall–Kier alpha value is -1.88. The van der Waals surface area contributed by atoms with Crippen LogP contribution >= 0.6 is 0 Å². The maximum Gasteiger partial charge on any atom is 0.254 e. The topological polar surface area (TPSA) is 69.6 Å². The third-order valence-electron chi connectivity index (χ3n) is 4.69. The molecule has 3 rings (SSSR count). The number of likely N-dealkylation sites (tertiary alicyclic amines) is 1. The van der Waals surface area contributed by atoms with Gasteiger partial charge in [0.05, 0.1) is 12.6 Å². The van der Waals surface area contributed by atoms with Gasteiger partial charge in [-0.25, -0.2) is 0 Å². The van der Waals surface area contributed by atoms with Crippen LogP contribution in [0.2, 0.25) is 0 Å². The molecule has 1 aliphatic heterocycles. The third-order valence-corrected chi connectivity index (χ3v) is 4.69. The van der Waals surface area contributed by atoms with Crippen LogP contribution in [0.15, 0.2) is 24.3 Å². The Morgan fingerprint density at radius 2 is 2.00 bits per heavy atom. The van der Waals surface area contributed by atoms with E-state index < -0.39 is 0 Å². The molecule has 0 spiro atoms. The quantitative estimate of drug-likeness (QED) is 0.892. The molecule has 0 radical (unpaired) electrons. The molecule has 2 N–H and O–H groups in total. The normalized spacial score (nSPS) is 26.8. The largest absolute Gasteiger partial charge is 0.394 e. The van der Waals surface area contributed by atoms with Crippen LogP contribution in [0, 0.1) is 11.8 Å². The van der Waals surface area contributed by atoms with E-state index in [1.807, 2.05) is 0 Å². The van der Waals surface area contributed by atoms with E-state index in [-0.39, 0.29) is 30.4 Å². The summed E-state index contributed by atoms with van der Waals surface area (Å²) >= 11 is 0. The summed E-state index contributed by atoms with van der Waals surface area (Å²) in [6.07, 6.45) is 2.75. The van der Waals surface area contributed by atoms with Gasteiger partial charge in [0.25, 0.3) is 5.91 Å². The van der Waals surface area contributed by atoms with Crippen molar-refractivity contribution in [2.75, 3.05) is 18.5 Å². The van der Waals surface area contributed by atoms with Gasteiger partial charge in [0, 0.05) is 23.7 Å². The van der Waals surface area contributed by atoms with Crippen molar-refractivity contribution in [1.82, 2.24) is 4.90 Å². The average Bonchev–Trinajstić information content (AvgIpc) is 3.08. The Morgan fingerprint density at radius 3 is 2.59 bits per heavy atom. The molecule has 0 bridgehead atoms. The number of amides is 2. The van der Waals surface area contributed by atoms with E-state index in [9.17, 15) is 14.7 Å². The number of carbonyl (C=O) groups excluding carboxylic acids is 2. The molecule has 1 saturated heterocycles. The molecule has 0 unspecified atom stereocenters. The monoisotopic (exact) mass is 302 g/mol. The molecule has 1 aromatic rings. The summed E-state index contributed by atoms with van der Waals surface area (Å²) in [6, 6.07) is 6.94. The number of nitrogens with one attached hydrogen (secondary N) is 1. The lowest BCUT2D eigenvalue weighted by Crippen LogP contribution is -2.37. The van der Waals surface area contributed by atoms with E-state index in [2.05, 4.69) is 12.2 Å². The molecule has 5 nitrogen and oxygen atoms in total. The van der Waals surface area contributed by atoms with Crippen molar-refractivity contribution in [3.63, 3.8) is 0 Å². The van der Waals surface area contributed by atoms with Crippen LogP contribution in [0.5, 0.6) is 0 Å². The van der Waals surface area contributed by atoms with Crippen molar-refractivity contribution < 1.29 is 14.7 Å². The number of carbonyl (C=O) groups is 2. The van der Waals surface area contributed by atoms with Gasteiger partial charge in [-0.2, -0.15) is 0 Å². The smallest absolute Gasteiger partial charge is 0.254 e. The molecule has 2 amide bonds. The van der Waals surface area contributed by atoms with Crippen LogP contribution in [0.1, 0.15) is 36.5 Å². The van der Waals surface area contributed by atoms with E-state index in [0.29, 0.717) is 18.0 Å². The fraction of sp³-hybridized carbons (Fsp3) is 0.529. The first kappa shape index (κ1) is 15.0. The van der Waals surface area contributed by atoms with Crippen LogP contribution in [0.3, 0.4) is 0 Å². The molecule has 1 saturated carbocycles. The second-order valence-electron chi connectivity index (χ2n) is 6.36. The first-order chi connectivity index (χ1) is 10.6. The van der Waals surface area contributed by atoms with Gasteiger partial charge in [-0.3, -0.25) is 9.59 Å². The Labute approximate surface area is 130 Å².